The third kappa shape index (κ3) is 3.57. The van der Waals surface area contributed by atoms with Gasteiger partial charge in [-0.3, -0.25) is 9.69 Å². The molecule has 3 fully saturated rings. The predicted octanol–water partition coefficient (Wildman–Crippen LogP) is 3.69. The Bertz CT molecular complexity index is 611. The van der Waals surface area contributed by atoms with E-state index in [-0.39, 0.29) is 30.8 Å². The molecule has 3 nitrogen and oxygen atoms in total. The summed E-state index contributed by atoms with van der Waals surface area (Å²) in [6.07, 6.45) is 2.93. The number of nitrogens with zero attached hydrogens (tertiary/aromatic N) is 2. The molecule has 4 rings (SSSR count). The van der Waals surface area contributed by atoms with E-state index in [9.17, 15) is 13.6 Å². The number of fused-ring (bicyclic) bond motifs is 2. The van der Waals surface area contributed by atoms with Crippen LogP contribution in [-0.4, -0.2) is 46.8 Å². The average Bonchev–Trinajstić information content (AvgIpc) is 2.61. The van der Waals surface area contributed by atoms with Crippen LogP contribution in [0, 0.1) is 5.92 Å². The molecule has 0 aromatic heterocycles. The van der Waals surface area contributed by atoms with Crippen molar-refractivity contribution >= 4 is 5.91 Å². The molecule has 2 saturated heterocycles. The summed E-state index contributed by atoms with van der Waals surface area (Å²) in [5.41, 5.74) is 1.15. The molecule has 1 aliphatic carbocycles. The van der Waals surface area contributed by atoms with Gasteiger partial charge in [0.15, 0.2) is 0 Å². The standard InChI is InChI=1S/C20H26F2N2O/c21-20(22)9-6-17(7-10-20)24-11-8-16-12-18(24)19(25)23(14-16)13-15-4-2-1-3-5-15/h1-5,16-18H,6-14H2/t16-,18+/m0/s1. The van der Waals surface area contributed by atoms with Gasteiger partial charge in [-0.15, -0.1) is 0 Å². The number of likely N-dealkylation sites (tertiary alicyclic amines) is 2. The van der Waals surface area contributed by atoms with E-state index < -0.39 is 5.92 Å². The van der Waals surface area contributed by atoms with Crippen molar-refractivity contribution in [1.82, 2.24) is 9.80 Å². The van der Waals surface area contributed by atoms with Crippen molar-refractivity contribution in [2.45, 2.75) is 63.1 Å². The summed E-state index contributed by atoms with van der Waals surface area (Å²) < 4.78 is 27.0. The van der Waals surface area contributed by atoms with Gasteiger partial charge in [0, 0.05) is 32.0 Å². The van der Waals surface area contributed by atoms with E-state index in [1.807, 2.05) is 23.1 Å². The Hall–Kier alpha value is -1.49. The first-order valence-electron chi connectivity index (χ1n) is 9.48. The molecule has 136 valence electrons. The lowest BCUT2D eigenvalue weighted by Gasteiger charge is -2.50. The van der Waals surface area contributed by atoms with Crippen LogP contribution in [0.15, 0.2) is 30.3 Å². The quantitative estimate of drug-likeness (QED) is 0.832. The highest BCUT2D eigenvalue weighted by atomic mass is 19.3. The Morgan fingerprint density at radius 2 is 1.80 bits per heavy atom. The Morgan fingerprint density at radius 3 is 2.52 bits per heavy atom. The summed E-state index contributed by atoms with van der Waals surface area (Å²) in [6.45, 7) is 2.38. The monoisotopic (exact) mass is 348 g/mol. The number of benzene rings is 1. The first-order chi connectivity index (χ1) is 12.0. The normalized spacial score (nSPS) is 30.5. The largest absolute Gasteiger partial charge is 0.337 e. The van der Waals surface area contributed by atoms with Gasteiger partial charge >= 0.3 is 0 Å². The van der Waals surface area contributed by atoms with Crippen LogP contribution in [-0.2, 0) is 11.3 Å². The van der Waals surface area contributed by atoms with Crippen LogP contribution in [0.25, 0.3) is 0 Å². The molecule has 5 heteroatoms. The van der Waals surface area contributed by atoms with Crippen LogP contribution in [0.4, 0.5) is 8.78 Å². The molecule has 1 aromatic carbocycles. The van der Waals surface area contributed by atoms with Crippen LogP contribution in [0.1, 0.15) is 44.1 Å². The lowest BCUT2D eigenvalue weighted by Crippen LogP contribution is -2.61. The molecule has 2 bridgehead atoms. The van der Waals surface area contributed by atoms with E-state index in [1.54, 1.807) is 0 Å². The molecule has 0 N–H and O–H groups in total. The highest BCUT2D eigenvalue weighted by molar-refractivity contribution is 5.83. The Kier molecular flexibility index (Phi) is 4.52. The topological polar surface area (TPSA) is 23.6 Å². The Labute approximate surface area is 148 Å². The van der Waals surface area contributed by atoms with Gasteiger partial charge in [-0.05, 0) is 43.7 Å². The first-order valence-corrected chi connectivity index (χ1v) is 9.48. The van der Waals surface area contributed by atoms with Crippen molar-refractivity contribution < 1.29 is 13.6 Å². The number of rotatable bonds is 3. The van der Waals surface area contributed by atoms with Gasteiger partial charge in [0.2, 0.25) is 11.8 Å². The minimum atomic E-state index is -2.51. The van der Waals surface area contributed by atoms with Crippen molar-refractivity contribution in [3.05, 3.63) is 35.9 Å². The summed E-state index contributed by atoms with van der Waals surface area (Å²) in [4.78, 5) is 17.3. The van der Waals surface area contributed by atoms with Crippen LogP contribution >= 0.6 is 0 Å². The maximum absolute atomic E-state index is 13.5. The summed E-state index contributed by atoms with van der Waals surface area (Å²) in [5, 5.41) is 0. The number of piperidine rings is 2. The number of halogens is 2. The lowest BCUT2D eigenvalue weighted by molar-refractivity contribution is -0.150. The first kappa shape index (κ1) is 17.0. The predicted molar refractivity (Wildman–Crippen MR) is 92.3 cm³/mol. The summed E-state index contributed by atoms with van der Waals surface area (Å²) in [6, 6.07) is 10.1. The molecule has 25 heavy (non-hydrogen) atoms. The minimum Gasteiger partial charge on any atom is -0.337 e. The summed E-state index contributed by atoms with van der Waals surface area (Å²) in [7, 11) is 0. The average molecular weight is 348 g/mol. The van der Waals surface area contributed by atoms with Crippen molar-refractivity contribution in [1.29, 1.82) is 0 Å². The van der Waals surface area contributed by atoms with Crippen LogP contribution in [0.3, 0.4) is 0 Å². The molecule has 1 amide bonds. The molecule has 2 atom stereocenters. The fourth-order valence-electron chi connectivity index (χ4n) is 4.82. The van der Waals surface area contributed by atoms with E-state index in [2.05, 4.69) is 17.0 Å². The maximum atomic E-state index is 13.5. The van der Waals surface area contributed by atoms with Gasteiger partial charge in [-0.25, -0.2) is 8.78 Å². The van der Waals surface area contributed by atoms with E-state index in [0.29, 0.717) is 25.3 Å². The fraction of sp³-hybridized carbons (Fsp3) is 0.650. The number of carbonyl (C=O) groups excluding carboxylic acids is 1. The Morgan fingerprint density at radius 1 is 1.08 bits per heavy atom. The molecule has 3 aliphatic rings. The molecule has 1 aromatic rings. The second kappa shape index (κ2) is 6.67. The number of hydrogen-bond donors (Lipinski definition) is 0. The number of carbonyl (C=O) groups is 1. The SMILES string of the molecule is O=C1[C@H]2C[C@H](CCN2C2CCC(F)(F)CC2)CN1Cc1ccccc1. The second-order valence-corrected chi connectivity index (χ2v) is 7.94. The highest BCUT2D eigenvalue weighted by Gasteiger charge is 2.45. The van der Waals surface area contributed by atoms with Gasteiger partial charge in [-0.1, -0.05) is 30.3 Å². The van der Waals surface area contributed by atoms with E-state index in [4.69, 9.17) is 0 Å². The highest BCUT2D eigenvalue weighted by Crippen LogP contribution is 2.39. The van der Waals surface area contributed by atoms with E-state index in [1.165, 1.54) is 0 Å². The zero-order valence-electron chi connectivity index (χ0n) is 14.5. The van der Waals surface area contributed by atoms with Crippen LogP contribution in [0.2, 0.25) is 0 Å². The van der Waals surface area contributed by atoms with Gasteiger partial charge < -0.3 is 4.90 Å². The smallest absolute Gasteiger partial charge is 0.248 e. The van der Waals surface area contributed by atoms with Crippen molar-refractivity contribution in [2.75, 3.05) is 13.1 Å². The molecule has 2 aliphatic heterocycles. The number of alkyl halides is 2. The van der Waals surface area contributed by atoms with Crippen LogP contribution < -0.4 is 0 Å². The zero-order valence-corrected chi connectivity index (χ0v) is 14.5. The molecular weight excluding hydrogens is 322 g/mol. The summed E-state index contributed by atoms with van der Waals surface area (Å²) in [5.74, 6) is -1.77. The third-order valence-electron chi connectivity index (χ3n) is 6.20. The Balaban J connectivity index is 1.46. The fourth-order valence-corrected chi connectivity index (χ4v) is 4.82. The lowest BCUT2D eigenvalue weighted by atomic mass is 9.82. The van der Waals surface area contributed by atoms with Gasteiger partial charge in [0.05, 0.1) is 6.04 Å². The number of hydrogen-bond acceptors (Lipinski definition) is 2. The van der Waals surface area contributed by atoms with Crippen molar-refractivity contribution in [2.24, 2.45) is 5.92 Å². The molecular formula is C20H26F2N2O. The molecule has 2 heterocycles. The second-order valence-electron chi connectivity index (χ2n) is 7.94. The zero-order chi connectivity index (χ0) is 17.4. The van der Waals surface area contributed by atoms with Crippen LogP contribution in [0.5, 0.6) is 0 Å². The van der Waals surface area contributed by atoms with Crippen molar-refractivity contribution in [3.8, 4) is 0 Å². The molecule has 0 unspecified atom stereocenters. The van der Waals surface area contributed by atoms with Gasteiger partial charge in [0.1, 0.15) is 0 Å². The maximum Gasteiger partial charge on any atom is 0.248 e. The summed E-state index contributed by atoms with van der Waals surface area (Å²) >= 11 is 0. The molecule has 0 radical (unpaired) electrons. The van der Waals surface area contributed by atoms with Gasteiger partial charge in [-0.2, -0.15) is 0 Å². The number of amides is 1. The van der Waals surface area contributed by atoms with Crippen molar-refractivity contribution in [3.63, 3.8) is 0 Å². The van der Waals surface area contributed by atoms with Gasteiger partial charge in [0.25, 0.3) is 0 Å². The van der Waals surface area contributed by atoms with E-state index in [0.717, 1.165) is 31.5 Å². The minimum absolute atomic E-state index is 0.0355. The molecule has 0 spiro atoms. The third-order valence-corrected chi connectivity index (χ3v) is 6.20. The molecule has 1 saturated carbocycles. The van der Waals surface area contributed by atoms with E-state index >= 15 is 0 Å².